The summed E-state index contributed by atoms with van der Waals surface area (Å²) in [5, 5.41) is 0. The number of aliphatic imine (C=N–C) groups is 1. The highest BCUT2D eigenvalue weighted by Gasteiger charge is 2.28. The van der Waals surface area contributed by atoms with Crippen LogP contribution in [0, 0.1) is 5.92 Å². The summed E-state index contributed by atoms with van der Waals surface area (Å²) in [6.45, 7) is 1.76. The maximum absolute atomic E-state index is 10.6. The standard InChI is InChI=1S/C6H9NO/c1-2-7-6(8)5-3-4-5/h2,5H,3-4H2,1H3. The fourth-order valence-electron chi connectivity index (χ4n) is 0.563. The molecule has 0 aromatic carbocycles. The second-order valence-electron chi connectivity index (χ2n) is 2.00. The molecular formula is C6H9NO. The minimum atomic E-state index is 0.0625. The van der Waals surface area contributed by atoms with E-state index in [0.29, 0.717) is 0 Å². The number of amides is 1. The van der Waals surface area contributed by atoms with Crippen LogP contribution in [-0.2, 0) is 4.79 Å². The van der Waals surface area contributed by atoms with Crippen LogP contribution in [0.3, 0.4) is 0 Å². The van der Waals surface area contributed by atoms with Crippen LogP contribution in [0.1, 0.15) is 19.8 Å². The molecule has 1 rings (SSSR count). The van der Waals surface area contributed by atoms with Crippen molar-refractivity contribution in [2.45, 2.75) is 19.8 Å². The van der Waals surface area contributed by atoms with Crippen LogP contribution >= 0.6 is 0 Å². The van der Waals surface area contributed by atoms with Gasteiger partial charge in [0.1, 0.15) is 0 Å². The zero-order valence-corrected chi connectivity index (χ0v) is 4.92. The number of rotatable bonds is 1. The van der Waals surface area contributed by atoms with E-state index in [1.54, 1.807) is 13.1 Å². The highest BCUT2D eigenvalue weighted by atomic mass is 16.1. The Labute approximate surface area is 48.6 Å². The van der Waals surface area contributed by atoms with Gasteiger partial charge in [-0.2, -0.15) is 0 Å². The van der Waals surface area contributed by atoms with E-state index in [9.17, 15) is 4.79 Å². The average Bonchev–Trinajstić information content (AvgIpc) is 2.45. The molecule has 2 nitrogen and oxygen atoms in total. The molecule has 1 amide bonds. The Morgan fingerprint density at radius 1 is 1.75 bits per heavy atom. The molecule has 2 heteroatoms. The molecule has 44 valence electrons. The van der Waals surface area contributed by atoms with E-state index in [4.69, 9.17) is 0 Å². The molecule has 0 radical (unpaired) electrons. The van der Waals surface area contributed by atoms with Crippen molar-refractivity contribution in [3.63, 3.8) is 0 Å². The average molecular weight is 111 g/mol. The van der Waals surface area contributed by atoms with Crippen LogP contribution in [0.4, 0.5) is 0 Å². The van der Waals surface area contributed by atoms with Gasteiger partial charge in [0, 0.05) is 12.1 Å². The van der Waals surface area contributed by atoms with Crippen molar-refractivity contribution in [1.29, 1.82) is 0 Å². The molecule has 0 aromatic heterocycles. The number of hydrogen-bond donors (Lipinski definition) is 0. The lowest BCUT2D eigenvalue weighted by molar-refractivity contribution is -0.118. The van der Waals surface area contributed by atoms with E-state index in [1.807, 2.05) is 0 Å². The topological polar surface area (TPSA) is 29.4 Å². The Kier molecular flexibility index (Phi) is 1.42. The van der Waals surface area contributed by atoms with Crippen LogP contribution in [0.25, 0.3) is 0 Å². The molecule has 1 aliphatic rings. The van der Waals surface area contributed by atoms with Crippen molar-refractivity contribution in [2.24, 2.45) is 10.9 Å². The van der Waals surface area contributed by atoms with E-state index < -0.39 is 0 Å². The first-order valence-electron chi connectivity index (χ1n) is 2.87. The summed E-state index contributed by atoms with van der Waals surface area (Å²) in [6, 6.07) is 0. The second-order valence-corrected chi connectivity index (χ2v) is 2.00. The van der Waals surface area contributed by atoms with Gasteiger partial charge >= 0.3 is 0 Å². The van der Waals surface area contributed by atoms with Gasteiger partial charge in [0.05, 0.1) is 0 Å². The lowest BCUT2D eigenvalue weighted by Gasteiger charge is -1.81. The van der Waals surface area contributed by atoms with E-state index in [1.165, 1.54) is 0 Å². The van der Waals surface area contributed by atoms with Gasteiger partial charge in [0.25, 0.3) is 0 Å². The summed E-state index contributed by atoms with van der Waals surface area (Å²) in [4.78, 5) is 14.2. The monoisotopic (exact) mass is 111 g/mol. The van der Waals surface area contributed by atoms with Gasteiger partial charge < -0.3 is 0 Å². The molecule has 0 spiro atoms. The molecule has 0 aromatic rings. The summed E-state index contributed by atoms with van der Waals surface area (Å²) < 4.78 is 0. The molecule has 0 aliphatic heterocycles. The molecule has 8 heavy (non-hydrogen) atoms. The smallest absolute Gasteiger partial charge is 0.248 e. The zero-order valence-electron chi connectivity index (χ0n) is 4.92. The number of carbonyl (C=O) groups excluding carboxylic acids is 1. The van der Waals surface area contributed by atoms with Crippen molar-refractivity contribution in [2.75, 3.05) is 0 Å². The zero-order chi connectivity index (χ0) is 5.98. The SMILES string of the molecule is CC=NC(=O)C1CC1. The van der Waals surface area contributed by atoms with Crippen LogP contribution in [0.15, 0.2) is 4.99 Å². The Bertz CT molecular complexity index is 124. The predicted molar refractivity (Wildman–Crippen MR) is 31.9 cm³/mol. The minimum Gasteiger partial charge on any atom is -0.272 e. The summed E-state index contributed by atoms with van der Waals surface area (Å²) in [5.41, 5.74) is 0. The van der Waals surface area contributed by atoms with Gasteiger partial charge in [0.2, 0.25) is 5.91 Å². The fraction of sp³-hybridized carbons (Fsp3) is 0.667. The van der Waals surface area contributed by atoms with Crippen molar-refractivity contribution in [3.05, 3.63) is 0 Å². The molecule has 0 saturated heterocycles. The fourth-order valence-corrected chi connectivity index (χ4v) is 0.563. The summed E-state index contributed by atoms with van der Waals surface area (Å²) in [5.74, 6) is 0.346. The van der Waals surface area contributed by atoms with Crippen molar-refractivity contribution in [3.8, 4) is 0 Å². The molecule has 0 N–H and O–H groups in total. The Hall–Kier alpha value is -0.660. The Morgan fingerprint density at radius 2 is 2.38 bits per heavy atom. The summed E-state index contributed by atoms with van der Waals surface area (Å²) >= 11 is 0. The van der Waals surface area contributed by atoms with E-state index >= 15 is 0 Å². The quantitative estimate of drug-likeness (QED) is 0.464. The maximum atomic E-state index is 10.6. The molecule has 1 fully saturated rings. The van der Waals surface area contributed by atoms with Gasteiger partial charge in [-0.1, -0.05) is 0 Å². The van der Waals surface area contributed by atoms with E-state index in [0.717, 1.165) is 12.8 Å². The molecular weight excluding hydrogens is 102 g/mol. The number of nitrogens with zero attached hydrogens (tertiary/aromatic N) is 1. The van der Waals surface area contributed by atoms with Crippen LogP contribution < -0.4 is 0 Å². The minimum absolute atomic E-state index is 0.0625. The van der Waals surface area contributed by atoms with E-state index in [-0.39, 0.29) is 11.8 Å². The molecule has 1 aliphatic carbocycles. The molecule has 0 unspecified atom stereocenters. The first-order valence-corrected chi connectivity index (χ1v) is 2.87. The first-order chi connectivity index (χ1) is 3.84. The van der Waals surface area contributed by atoms with Crippen molar-refractivity contribution < 1.29 is 4.79 Å². The molecule has 1 saturated carbocycles. The predicted octanol–water partition coefficient (Wildman–Crippen LogP) is 1.01. The van der Waals surface area contributed by atoms with Crippen LogP contribution in [0.2, 0.25) is 0 Å². The summed E-state index contributed by atoms with van der Waals surface area (Å²) in [6.07, 6.45) is 3.66. The highest BCUT2D eigenvalue weighted by Crippen LogP contribution is 2.29. The third-order valence-electron chi connectivity index (χ3n) is 1.18. The largest absolute Gasteiger partial charge is 0.272 e. The third-order valence-corrected chi connectivity index (χ3v) is 1.18. The van der Waals surface area contributed by atoms with Crippen LogP contribution in [-0.4, -0.2) is 12.1 Å². The van der Waals surface area contributed by atoms with Crippen LogP contribution in [0.5, 0.6) is 0 Å². The number of carbonyl (C=O) groups is 1. The Morgan fingerprint density at radius 3 is 2.75 bits per heavy atom. The van der Waals surface area contributed by atoms with Crippen molar-refractivity contribution >= 4 is 12.1 Å². The molecule has 0 bridgehead atoms. The molecule has 0 heterocycles. The number of hydrogen-bond acceptors (Lipinski definition) is 1. The summed E-state index contributed by atoms with van der Waals surface area (Å²) in [7, 11) is 0. The normalized spacial score (nSPS) is 19.6. The highest BCUT2D eigenvalue weighted by molar-refractivity contribution is 5.87. The maximum Gasteiger partial charge on any atom is 0.248 e. The van der Waals surface area contributed by atoms with Gasteiger partial charge in [0.15, 0.2) is 0 Å². The second kappa shape index (κ2) is 2.07. The lowest BCUT2D eigenvalue weighted by atomic mass is 10.4. The lowest BCUT2D eigenvalue weighted by Crippen LogP contribution is -1.93. The van der Waals surface area contributed by atoms with Crippen molar-refractivity contribution in [1.82, 2.24) is 0 Å². The van der Waals surface area contributed by atoms with Gasteiger partial charge in [-0.15, -0.1) is 0 Å². The van der Waals surface area contributed by atoms with Gasteiger partial charge in [-0.25, -0.2) is 4.99 Å². The van der Waals surface area contributed by atoms with E-state index in [2.05, 4.69) is 4.99 Å². The van der Waals surface area contributed by atoms with Gasteiger partial charge in [-0.05, 0) is 19.8 Å². The third kappa shape index (κ3) is 1.15. The Balaban J connectivity index is 2.33. The molecule has 0 atom stereocenters. The van der Waals surface area contributed by atoms with Gasteiger partial charge in [-0.3, -0.25) is 4.79 Å². The first kappa shape index (κ1) is 5.48.